The second kappa shape index (κ2) is 6.66. The molecule has 0 radical (unpaired) electrons. The second-order valence-electron chi connectivity index (χ2n) is 5.90. The molecule has 126 valence electrons. The molecule has 0 aliphatic rings. The predicted molar refractivity (Wildman–Crippen MR) is 80.6 cm³/mol. The first-order chi connectivity index (χ1) is 10.7. The van der Waals surface area contributed by atoms with Crippen LogP contribution >= 0.6 is 0 Å². The molecule has 0 spiro atoms. The number of hydrogen-bond acceptors (Lipinski definition) is 4. The van der Waals surface area contributed by atoms with Crippen molar-refractivity contribution in [1.29, 1.82) is 0 Å². The van der Waals surface area contributed by atoms with Crippen molar-refractivity contribution in [2.75, 3.05) is 0 Å². The quantitative estimate of drug-likeness (QED) is 0.914. The Hall–Kier alpha value is -1.96. The Labute approximate surface area is 133 Å². The summed E-state index contributed by atoms with van der Waals surface area (Å²) in [4.78, 5) is 12.0. The van der Waals surface area contributed by atoms with E-state index in [1.54, 1.807) is 26.2 Å². The first-order valence-corrected chi connectivity index (χ1v) is 7.39. The Bertz CT molecular complexity index is 644. The molecule has 0 bridgehead atoms. The topological polar surface area (TPSA) is 55.6 Å². The lowest BCUT2D eigenvalue weighted by Gasteiger charge is -2.11. The van der Waals surface area contributed by atoms with E-state index in [9.17, 15) is 13.2 Å². The van der Waals surface area contributed by atoms with Crippen molar-refractivity contribution in [2.45, 2.75) is 52.5 Å². The van der Waals surface area contributed by atoms with Gasteiger partial charge in [-0.1, -0.05) is 13.8 Å². The monoisotopic (exact) mass is 327 g/mol. The van der Waals surface area contributed by atoms with Crippen LogP contribution in [0.15, 0.2) is 18.6 Å². The highest BCUT2D eigenvalue weighted by Crippen LogP contribution is 2.31. The molecule has 5 nitrogen and oxygen atoms in total. The van der Waals surface area contributed by atoms with E-state index in [-0.39, 0.29) is 17.7 Å². The van der Waals surface area contributed by atoms with Gasteiger partial charge in [-0.2, -0.15) is 13.2 Å². The molecule has 2 aromatic heterocycles. The van der Waals surface area contributed by atoms with Crippen LogP contribution in [0, 0.1) is 0 Å². The number of rotatable bonds is 5. The Balaban J connectivity index is 2.32. The maximum atomic E-state index is 12.9. The minimum Gasteiger partial charge on any atom is -0.325 e. The molecule has 0 saturated heterocycles. The van der Waals surface area contributed by atoms with Gasteiger partial charge in [0.05, 0.1) is 0 Å². The number of nitrogens with zero attached hydrogens (tertiary/aromatic N) is 4. The summed E-state index contributed by atoms with van der Waals surface area (Å²) in [5, 5.41) is 3.23. The molecule has 0 fully saturated rings. The molecular formula is C15H20F3N5. The van der Waals surface area contributed by atoms with Gasteiger partial charge in [0.25, 0.3) is 0 Å². The van der Waals surface area contributed by atoms with E-state index in [1.807, 2.05) is 13.8 Å². The fraction of sp³-hybridized carbons (Fsp3) is 0.533. The van der Waals surface area contributed by atoms with E-state index >= 15 is 0 Å². The van der Waals surface area contributed by atoms with Gasteiger partial charge in [0.1, 0.15) is 0 Å². The van der Waals surface area contributed by atoms with Gasteiger partial charge in [0, 0.05) is 42.8 Å². The first kappa shape index (κ1) is 17.4. The summed E-state index contributed by atoms with van der Waals surface area (Å²) < 4.78 is 40.1. The second-order valence-corrected chi connectivity index (χ2v) is 5.90. The number of halogens is 3. The Morgan fingerprint density at radius 3 is 2.22 bits per heavy atom. The molecule has 0 amide bonds. The van der Waals surface area contributed by atoms with Crippen molar-refractivity contribution in [3.8, 4) is 11.6 Å². The highest BCUT2D eigenvalue weighted by molar-refractivity contribution is 5.45. The summed E-state index contributed by atoms with van der Waals surface area (Å²) in [5.41, 5.74) is -0.0727. The minimum atomic E-state index is -4.49. The molecule has 0 aliphatic heterocycles. The molecule has 23 heavy (non-hydrogen) atoms. The smallest absolute Gasteiger partial charge is 0.325 e. The summed E-state index contributed by atoms with van der Waals surface area (Å²) in [6.45, 7) is 8.21. The van der Waals surface area contributed by atoms with Crippen LogP contribution in [0.25, 0.3) is 11.6 Å². The first-order valence-electron chi connectivity index (χ1n) is 7.39. The van der Waals surface area contributed by atoms with Crippen molar-refractivity contribution in [3.05, 3.63) is 29.8 Å². The van der Waals surface area contributed by atoms with Crippen molar-refractivity contribution in [3.63, 3.8) is 0 Å². The third-order valence-electron chi connectivity index (χ3n) is 3.20. The highest BCUT2D eigenvalue weighted by atomic mass is 19.4. The largest absolute Gasteiger partial charge is 0.434 e. The molecule has 0 aliphatic carbocycles. The third kappa shape index (κ3) is 4.28. The van der Waals surface area contributed by atoms with Crippen molar-refractivity contribution in [2.24, 2.45) is 0 Å². The van der Waals surface area contributed by atoms with Crippen LogP contribution in [0.5, 0.6) is 0 Å². The van der Waals surface area contributed by atoms with E-state index in [2.05, 4.69) is 20.3 Å². The molecule has 0 atom stereocenters. The van der Waals surface area contributed by atoms with E-state index in [0.29, 0.717) is 12.6 Å². The molecule has 0 unspecified atom stereocenters. The lowest BCUT2D eigenvalue weighted by atomic mass is 10.3. The Kier molecular flexibility index (Phi) is 5.03. The normalized spacial score (nSPS) is 12.4. The van der Waals surface area contributed by atoms with E-state index < -0.39 is 11.9 Å². The predicted octanol–water partition coefficient (Wildman–Crippen LogP) is 3.44. The van der Waals surface area contributed by atoms with Crippen LogP contribution in [0.2, 0.25) is 0 Å². The fourth-order valence-electron chi connectivity index (χ4n) is 1.97. The van der Waals surface area contributed by atoms with E-state index in [1.165, 1.54) is 4.57 Å². The fourth-order valence-corrected chi connectivity index (χ4v) is 1.97. The van der Waals surface area contributed by atoms with Gasteiger partial charge in [-0.05, 0) is 13.8 Å². The van der Waals surface area contributed by atoms with Gasteiger partial charge >= 0.3 is 6.18 Å². The van der Waals surface area contributed by atoms with Gasteiger partial charge in [0.2, 0.25) is 0 Å². The zero-order valence-corrected chi connectivity index (χ0v) is 13.5. The minimum absolute atomic E-state index is 0.121. The number of alkyl halides is 3. The van der Waals surface area contributed by atoms with Gasteiger partial charge < -0.3 is 9.88 Å². The molecule has 8 heteroatoms. The average molecular weight is 327 g/mol. The zero-order valence-electron chi connectivity index (χ0n) is 13.5. The van der Waals surface area contributed by atoms with Gasteiger partial charge in [-0.3, -0.25) is 0 Å². The summed E-state index contributed by atoms with van der Waals surface area (Å²) >= 11 is 0. The standard InChI is InChI=1S/C15H20F3N5/c1-9(2)19-5-11-6-20-13(21-7-11)14-22-12(15(16,17)18)8-23(14)10(3)4/h6-10,19H,5H2,1-4H3. The summed E-state index contributed by atoms with van der Waals surface area (Å²) in [6, 6.07) is 0.142. The van der Waals surface area contributed by atoms with Crippen LogP contribution in [0.4, 0.5) is 13.2 Å². The van der Waals surface area contributed by atoms with Crippen molar-refractivity contribution < 1.29 is 13.2 Å². The zero-order chi connectivity index (χ0) is 17.2. The molecule has 1 N–H and O–H groups in total. The van der Waals surface area contributed by atoms with Crippen molar-refractivity contribution in [1.82, 2.24) is 24.8 Å². The number of hydrogen-bond donors (Lipinski definition) is 1. The maximum Gasteiger partial charge on any atom is 0.434 e. The van der Waals surface area contributed by atoms with Gasteiger partial charge in [0.15, 0.2) is 17.3 Å². The number of aromatic nitrogens is 4. The maximum absolute atomic E-state index is 12.9. The lowest BCUT2D eigenvalue weighted by molar-refractivity contribution is -0.140. The number of imidazole rings is 1. The highest BCUT2D eigenvalue weighted by Gasteiger charge is 2.35. The molecular weight excluding hydrogens is 307 g/mol. The SMILES string of the molecule is CC(C)NCc1cnc(-c2nc(C(F)(F)F)cn2C(C)C)nc1. The van der Waals surface area contributed by atoms with Crippen LogP contribution in [0.1, 0.15) is 45.0 Å². The van der Waals surface area contributed by atoms with Crippen LogP contribution in [-0.4, -0.2) is 25.6 Å². The summed E-state index contributed by atoms with van der Waals surface area (Å²) in [5.74, 6) is 0.304. The lowest BCUT2D eigenvalue weighted by Crippen LogP contribution is -2.22. The van der Waals surface area contributed by atoms with Crippen molar-refractivity contribution >= 4 is 0 Å². The van der Waals surface area contributed by atoms with Crippen LogP contribution < -0.4 is 5.32 Å². The molecule has 2 aromatic rings. The van der Waals surface area contributed by atoms with E-state index in [4.69, 9.17) is 0 Å². The summed E-state index contributed by atoms with van der Waals surface area (Å²) in [7, 11) is 0. The van der Waals surface area contributed by atoms with Gasteiger partial charge in [-0.25, -0.2) is 15.0 Å². The summed E-state index contributed by atoms with van der Waals surface area (Å²) in [6.07, 6.45) is -0.289. The van der Waals surface area contributed by atoms with E-state index in [0.717, 1.165) is 11.8 Å². The molecule has 0 aromatic carbocycles. The van der Waals surface area contributed by atoms with Gasteiger partial charge in [-0.15, -0.1) is 0 Å². The third-order valence-corrected chi connectivity index (χ3v) is 3.20. The Morgan fingerprint density at radius 2 is 1.74 bits per heavy atom. The molecule has 2 heterocycles. The van der Waals surface area contributed by atoms with Crippen LogP contribution in [0.3, 0.4) is 0 Å². The van der Waals surface area contributed by atoms with Crippen LogP contribution in [-0.2, 0) is 12.7 Å². The Morgan fingerprint density at radius 1 is 1.13 bits per heavy atom. The molecule has 2 rings (SSSR count). The number of nitrogens with one attached hydrogen (secondary N) is 1. The average Bonchev–Trinajstić information content (AvgIpc) is 2.91. The molecule has 0 saturated carbocycles.